The Hall–Kier alpha value is -2.08. The lowest BCUT2D eigenvalue weighted by molar-refractivity contribution is -0.121. The number of anilines is 1. The zero-order chi connectivity index (χ0) is 16.8. The smallest absolute Gasteiger partial charge is 0.229 e. The van der Waals surface area contributed by atoms with E-state index in [4.69, 9.17) is 9.47 Å². The summed E-state index contributed by atoms with van der Waals surface area (Å²) < 4.78 is 11.2. The van der Waals surface area contributed by atoms with Crippen LogP contribution in [0.5, 0.6) is 11.5 Å². The van der Waals surface area contributed by atoms with Crippen molar-refractivity contribution in [3.8, 4) is 22.8 Å². The Morgan fingerprint density at radius 2 is 2.04 bits per heavy atom. The van der Waals surface area contributed by atoms with Crippen molar-refractivity contribution >= 4 is 22.4 Å². The van der Waals surface area contributed by atoms with Crippen molar-refractivity contribution in [2.45, 2.75) is 25.7 Å². The predicted octanol–water partition coefficient (Wildman–Crippen LogP) is 3.96. The second kappa shape index (κ2) is 6.02. The molecule has 25 heavy (non-hydrogen) atoms. The average Bonchev–Trinajstić information content (AvgIpc) is 3.38. The van der Waals surface area contributed by atoms with E-state index < -0.39 is 0 Å². The van der Waals surface area contributed by atoms with Gasteiger partial charge in [0.05, 0.1) is 5.69 Å². The number of nitrogens with one attached hydrogen (secondary N) is 1. The molecule has 6 heteroatoms. The maximum atomic E-state index is 12.6. The molecule has 1 N–H and O–H groups in total. The fraction of sp³-hybridized carbons (Fsp3) is 0.474. The molecule has 1 aliphatic heterocycles. The first-order valence-electron chi connectivity index (χ1n) is 8.92. The van der Waals surface area contributed by atoms with Crippen LogP contribution in [0.2, 0.25) is 0 Å². The van der Waals surface area contributed by atoms with Crippen LogP contribution in [-0.2, 0) is 4.79 Å². The molecule has 3 unspecified atom stereocenters. The normalized spacial score (nSPS) is 26.6. The average molecular weight is 356 g/mol. The third-order valence-corrected chi connectivity index (χ3v) is 6.40. The van der Waals surface area contributed by atoms with E-state index in [-0.39, 0.29) is 11.8 Å². The maximum Gasteiger partial charge on any atom is 0.229 e. The van der Waals surface area contributed by atoms with Crippen LogP contribution in [0.3, 0.4) is 0 Å². The Balaban J connectivity index is 1.31. The Bertz CT molecular complexity index is 819. The SMILES string of the molecule is O=C(Nc1nc(-c2ccc3c(c2)OCCO3)cs1)C1CC2CCC1C2. The predicted molar refractivity (Wildman–Crippen MR) is 96.1 cm³/mol. The van der Waals surface area contributed by atoms with Crippen LogP contribution >= 0.6 is 11.3 Å². The first-order valence-corrected chi connectivity index (χ1v) is 9.80. The molecule has 1 aromatic heterocycles. The van der Waals surface area contributed by atoms with Crippen LogP contribution in [0.15, 0.2) is 23.6 Å². The van der Waals surface area contributed by atoms with Gasteiger partial charge in [0.1, 0.15) is 13.2 Å². The van der Waals surface area contributed by atoms with E-state index >= 15 is 0 Å². The number of hydrogen-bond donors (Lipinski definition) is 1. The number of amides is 1. The summed E-state index contributed by atoms with van der Waals surface area (Å²) in [6.07, 6.45) is 4.80. The second-order valence-corrected chi connectivity index (χ2v) is 8.03. The van der Waals surface area contributed by atoms with Crippen molar-refractivity contribution in [1.82, 2.24) is 4.98 Å². The van der Waals surface area contributed by atoms with Crippen molar-refractivity contribution in [1.29, 1.82) is 0 Å². The number of hydrogen-bond acceptors (Lipinski definition) is 5. The highest BCUT2D eigenvalue weighted by molar-refractivity contribution is 7.14. The molecule has 2 aromatic rings. The zero-order valence-electron chi connectivity index (χ0n) is 13.9. The summed E-state index contributed by atoms with van der Waals surface area (Å²) in [4.78, 5) is 17.2. The van der Waals surface area contributed by atoms with Gasteiger partial charge in [-0.25, -0.2) is 4.98 Å². The molecule has 130 valence electrons. The summed E-state index contributed by atoms with van der Waals surface area (Å²) >= 11 is 1.47. The summed E-state index contributed by atoms with van der Waals surface area (Å²) in [7, 11) is 0. The largest absolute Gasteiger partial charge is 0.486 e. The number of fused-ring (bicyclic) bond motifs is 3. The first kappa shape index (κ1) is 15.2. The molecular formula is C19H20N2O3S. The first-order chi connectivity index (χ1) is 12.3. The molecule has 1 amide bonds. The zero-order valence-corrected chi connectivity index (χ0v) is 14.7. The van der Waals surface area contributed by atoms with Crippen LogP contribution in [0, 0.1) is 17.8 Å². The second-order valence-electron chi connectivity index (χ2n) is 7.17. The summed E-state index contributed by atoms with van der Waals surface area (Å²) in [5.74, 6) is 3.21. The van der Waals surface area contributed by atoms with Crippen LogP contribution in [0.25, 0.3) is 11.3 Å². The number of rotatable bonds is 3. The van der Waals surface area contributed by atoms with Crippen molar-refractivity contribution in [3.05, 3.63) is 23.6 Å². The maximum absolute atomic E-state index is 12.6. The van der Waals surface area contributed by atoms with E-state index in [2.05, 4.69) is 10.3 Å². The van der Waals surface area contributed by atoms with Crippen molar-refractivity contribution in [2.24, 2.45) is 17.8 Å². The molecule has 2 saturated carbocycles. The fourth-order valence-corrected chi connectivity index (χ4v) is 5.15. The van der Waals surface area contributed by atoms with Crippen molar-refractivity contribution < 1.29 is 14.3 Å². The highest BCUT2D eigenvalue weighted by atomic mass is 32.1. The quantitative estimate of drug-likeness (QED) is 0.904. The lowest BCUT2D eigenvalue weighted by Gasteiger charge is -2.19. The van der Waals surface area contributed by atoms with Gasteiger partial charge in [-0.05, 0) is 49.3 Å². The lowest BCUT2D eigenvalue weighted by Crippen LogP contribution is -2.27. The van der Waals surface area contributed by atoms with Crippen LogP contribution in [0.4, 0.5) is 5.13 Å². The lowest BCUT2D eigenvalue weighted by atomic mass is 9.88. The van der Waals surface area contributed by atoms with E-state index in [1.54, 1.807) is 0 Å². The topological polar surface area (TPSA) is 60.5 Å². The third kappa shape index (κ3) is 2.78. The number of carbonyl (C=O) groups is 1. The Labute approximate surface area is 150 Å². The summed E-state index contributed by atoms with van der Waals surface area (Å²) in [6, 6.07) is 5.84. The molecule has 2 fully saturated rings. The van der Waals surface area contributed by atoms with E-state index in [1.807, 2.05) is 23.6 Å². The number of carbonyl (C=O) groups excluding carboxylic acids is 1. The van der Waals surface area contributed by atoms with Gasteiger partial charge >= 0.3 is 0 Å². The number of ether oxygens (including phenoxy) is 2. The van der Waals surface area contributed by atoms with Gasteiger partial charge in [-0.1, -0.05) is 6.42 Å². The molecule has 2 heterocycles. The number of benzene rings is 1. The van der Waals surface area contributed by atoms with Gasteiger partial charge in [0.25, 0.3) is 0 Å². The van der Waals surface area contributed by atoms with Gasteiger partial charge in [-0.15, -0.1) is 11.3 Å². The van der Waals surface area contributed by atoms with Gasteiger partial charge in [0, 0.05) is 16.9 Å². The van der Waals surface area contributed by atoms with Crippen LogP contribution in [0.1, 0.15) is 25.7 Å². The molecule has 5 rings (SSSR count). The molecule has 3 aliphatic rings. The minimum Gasteiger partial charge on any atom is -0.486 e. The molecule has 1 aromatic carbocycles. The van der Waals surface area contributed by atoms with Gasteiger partial charge < -0.3 is 14.8 Å². The van der Waals surface area contributed by atoms with Gasteiger partial charge in [0.2, 0.25) is 5.91 Å². The molecule has 0 spiro atoms. The highest BCUT2D eigenvalue weighted by Gasteiger charge is 2.43. The molecule has 2 aliphatic carbocycles. The summed E-state index contributed by atoms with van der Waals surface area (Å²) in [5.41, 5.74) is 1.83. The Morgan fingerprint density at radius 1 is 1.16 bits per heavy atom. The Morgan fingerprint density at radius 3 is 2.84 bits per heavy atom. The van der Waals surface area contributed by atoms with E-state index in [0.717, 1.165) is 35.1 Å². The summed E-state index contributed by atoms with van der Waals surface area (Å²) in [5, 5.41) is 5.69. The van der Waals surface area contributed by atoms with E-state index in [9.17, 15) is 4.79 Å². The van der Waals surface area contributed by atoms with Crippen molar-refractivity contribution in [2.75, 3.05) is 18.5 Å². The molecule has 2 bridgehead atoms. The Kier molecular flexibility index (Phi) is 3.66. The van der Waals surface area contributed by atoms with Crippen LogP contribution in [-0.4, -0.2) is 24.1 Å². The minimum absolute atomic E-state index is 0.148. The molecule has 3 atom stereocenters. The molecular weight excluding hydrogens is 336 g/mol. The van der Waals surface area contributed by atoms with E-state index in [0.29, 0.717) is 24.3 Å². The standard InChI is InChI=1S/C19H20N2O3S/c22-18(14-8-11-1-2-12(14)7-11)21-19-20-15(10-25-19)13-3-4-16-17(9-13)24-6-5-23-16/h3-4,9-12,14H,1-2,5-8H2,(H,20,21,22). The van der Waals surface area contributed by atoms with E-state index in [1.165, 1.54) is 30.6 Å². The summed E-state index contributed by atoms with van der Waals surface area (Å²) in [6.45, 7) is 1.15. The number of aromatic nitrogens is 1. The third-order valence-electron chi connectivity index (χ3n) is 5.65. The fourth-order valence-electron chi connectivity index (χ4n) is 4.43. The highest BCUT2D eigenvalue weighted by Crippen LogP contribution is 2.48. The van der Waals surface area contributed by atoms with Crippen molar-refractivity contribution in [3.63, 3.8) is 0 Å². The number of nitrogens with zero attached hydrogens (tertiary/aromatic N) is 1. The molecule has 0 radical (unpaired) electrons. The van der Waals surface area contributed by atoms with Gasteiger partial charge in [0.15, 0.2) is 16.6 Å². The van der Waals surface area contributed by atoms with Gasteiger partial charge in [-0.2, -0.15) is 0 Å². The number of thiazole rings is 1. The monoisotopic (exact) mass is 356 g/mol. The van der Waals surface area contributed by atoms with Crippen LogP contribution < -0.4 is 14.8 Å². The molecule has 5 nitrogen and oxygen atoms in total. The minimum atomic E-state index is 0.148. The molecule has 0 saturated heterocycles. The van der Waals surface area contributed by atoms with Gasteiger partial charge in [-0.3, -0.25) is 4.79 Å².